The number of amides is 2. The van der Waals surface area contributed by atoms with Crippen LogP contribution in [0, 0.1) is 5.92 Å². The second-order valence-corrected chi connectivity index (χ2v) is 8.46. The zero-order chi connectivity index (χ0) is 20.7. The predicted octanol–water partition coefficient (Wildman–Crippen LogP) is 2.85. The molecule has 0 unspecified atom stereocenters. The van der Waals surface area contributed by atoms with Gasteiger partial charge in [-0.25, -0.2) is 9.97 Å². The molecule has 0 spiro atoms. The number of nitrogens with zero attached hydrogens (tertiary/aromatic N) is 4. The Labute approximate surface area is 177 Å². The first-order chi connectivity index (χ1) is 14.6. The molecule has 5 rings (SSSR count). The highest BCUT2D eigenvalue weighted by Gasteiger charge is 2.26. The van der Waals surface area contributed by atoms with Crippen LogP contribution in [0.2, 0.25) is 0 Å². The second kappa shape index (κ2) is 7.60. The second-order valence-electron chi connectivity index (χ2n) is 7.52. The standard InChI is InChI=1S/C22H21N5O2S/c23-20(29)14-9-11-26(12-10-14)19(28)13-30-22-25-16-6-2-1-5-15(16)21-24-17-7-3-4-8-18(17)27(21)22/h1-8,14H,9-13H2,(H2,23,29). The highest BCUT2D eigenvalue weighted by molar-refractivity contribution is 7.99. The summed E-state index contributed by atoms with van der Waals surface area (Å²) in [6.45, 7) is 1.14. The minimum absolute atomic E-state index is 0.0513. The number of hydrogen-bond acceptors (Lipinski definition) is 5. The molecule has 0 bridgehead atoms. The first-order valence-corrected chi connectivity index (χ1v) is 11.0. The van der Waals surface area contributed by atoms with Crippen molar-refractivity contribution in [3.8, 4) is 0 Å². The van der Waals surface area contributed by atoms with Gasteiger partial charge in [0.1, 0.15) is 5.65 Å². The van der Waals surface area contributed by atoms with E-state index in [0.29, 0.717) is 25.9 Å². The van der Waals surface area contributed by atoms with Crippen molar-refractivity contribution in [3.63, 3.8) is 0 Å². The molecule has 2 aromatic heterocycles. The Bertz CT molecular complexity index is 1280. The van der Waals surface area contributed by atoms with E-state index in [9.17, 15) is 9.59 Å². The monoisotopic (exact) mass is 419 g/mol. The van der Waals surface area contributed by atoms with Gasteiger partial charge in [-0.1, -0.05) is 36.0 Å². The quantitative estimate of drug-likeness (QED) is 0.406. The lowest BCUT2D eigenvalue weighted by Crippen LogP contribution is -2.42. The maximum absolute atomic E-state index is 12.8. The zero-order valence-corrected chi connectivity index (χ0v) is 17.1. The van der Waals surface area contributed by atoms with E-state index in [-0.39, 0.29) is 23.5 Å². The normalized spacial score (nSPS) is 15.3. The van der Waals surface area contributed by atoms with E-state index in [2.05, 4.69) is 0 Å². The third-order valence-electron chi connectivity index (χ3n) is 5.69. The number of para-hydroxylation sites is 3. The fourth-order valence-corrected chi connectivity index (χ4v) is 4.95. The Morgan fingerprint density at radius 3 is 2.47 bits per heavy atom. The molecule has 0 saturated carbocycles. The van der Waals surface area contributed by atoms with E-state index in [0.717, 1.165) is 32.7 Å². The lowest BCUT2D eigenvalue weighted by atomic mass is 9.96. The molecule has 0 aliphatic carbocycles. The van der Waals surface area contributed by atoms with Crippen molar-refractivity contribution < 1.29 is 9.59 Å². The zero-order valence-electron chi connectivity index (χ0n) is 16.3. The molecule has 2 aromatic carbocycles. The number of imidazole rings is 1. The van der Waals surface area contributed by atoms with Crippen molar-refractivity contribution in [2.24, 2.45) is 11.7 Å². The number of fused-ring (bicyclic) bond motifs is 5. The number of nitrogens with two attached hydrogens (primary N) is 1. The van der Waals surface area contributed by atoms with Gasteiger partial charge in [0.05, 0.1) is 22.3 Å². The average molecular weight is 420 g/mol. The number of thioether (sulfide) groups is 1. The van der Waals surface area contributed by atoms with E-state index in [4.69, 9.17) is 15.7 Å². The van der Waals surface area contributed by atoms with Gasteiger partial charge in [-0.3, -0.25) is 14.0 Å². The Kier molecular flexibility index (Phi) is 4.78. The molecule has 7 nitrogen and oxygen atoms in total. The van der Waals surface area contributed by atoms with Gasteiger partial charge in [0, 0.05) is 24.4 Å². The molecule has 1 aliphatic rings. The molecular weight excluding hydrogens is 398 g/mol. The largest absolute Gasteiger partial charge is 0.369 e. The van der Waals surface area contributed by atoms with Gasteiger partial charge in [-0.15, -0.1) is 0 Å². The van der Waals surface area contributed by atoms with Crippen LogP contribution in [0.4, 0.5) is 0 Å². The molecule has 0 atom stereocenters. The van der Waals surface area contributed by atoms with Crippen LogP contribution in [0.3, 0.4) is 0 Å². The minimum atomic E-state index is -0.272. The van der Waals surface area contributed by atoms with Gasteiger partial charge in [0.2, 0.25) is 11.8 Å². The van der Waals surface area contributed by atoms with E-state index < -0.39 is 0 Å². The number of hydrogen-bond donors (Lipinski definition) is 1. The molecule has 1 aliphatic heterocycles. The van der Waals surface area contributed by atoms with Crippen LogP contribution >= 0.6 is 11.8 Å². The summed E-state index contributed by atoms with van der Waals surface area (Å²) < 4.78 is 2.04. The Morgan fingerprint density at radius 2 is 1.70 bits per heavy atom. The number of carbonyl (C=O) groups excluding carboxylic acids is 2. The van der Waals surface area contributed by atoms with Gasteiger partial charge in [-0.2, -0.15) is 0 Å². The first kappa shape index (κ1) is 18.9. The van der Waals surface area contributed by atoms with E-state index in [1.165, 1.54) is 11.8 Å². The van der Waals surface area contributed by atoms with Gasteiger partial charge < -0.3 is 10.6 Å². The van der Waals surface area contributed by atoms with Crippen LogP contribution < -0.4 is 5.73 Å². The van der Waals surface area contributed by atoms with E-state index in [1.807, 2.05) is 57.8 Å². The van der Waals surface area contributed by atoms with Gasteiger partial charge in [0.25, 0.3) is 0 Å². The van der Waals surface area contributed by atoms with Crippen LogP contribution in [0.5, 0.6) is 0 Å². The summed E-state index contributed by atoms with van der Waals surface area (Å²) in [5.41, 5.74) is 8.97. The van der Waals surface area contributed by atoms with Crippen LogP contribution in [-0.4, -0.2) is 49.9 Å². The smallest absolute Gasteiger partial charge is 0.233 e. The Hall–Kier alpha value is -3.13. The highest BCUT2D eigenvalue weighted by atomic mass is 32.2. The molecule has 4 aromatic rings. The van der Waals surface area contributed by atoms with Gasteiger partial charge in [-0.05, 0) is 37.1 Å². The van der Waals surface area contributed by atoms with Crippen molar-refractivity contribution in [2.75, 3.05) is 18.8 Å². The van der Waals surface area contributed by atoms with E-state index in [1.54, 1.807) is 0 Å². The molecule has 0 radical (unpaired) electrons. The topological polar surface area (TPSA) is 93.6 Å². The average Bonchev–Trinajstić information content (AvgIpc) is 3.17. The Morgan fingerprint density at radius 1 is 1.00 bits per heavy atom. The molecule has 1 saturated heterocycles. The summed E-state index contributed by atoms with van der Waals surface area (Å²) >= 11 is 1.42. The highest BCUT2D eigenvalue weighted by Crippen LogP contribution is 2.29. The maximum atomic E-state index is 12.8. The number of carbonyl (C=O) groups is 2. The van der Waals surface area contributed by atoms with E-state index >= 15 is 0 Å². The number of benzene rings is 2. The van der Waals surface area contributed by atoms with Crippen LogP contribution in [0.25, 0.3) is 27.6 Å². The summed E-state index contributed by atoms with van der Waals surface area (Å²) in [6.07, 6.45) is 1.27. The van der Waals surface area contributed by atoms with Crippen LogP contribution in [0.1, 0.15) is 12.8 Å². The van der Waals surface area contributed by atoms with Crippen molar-refractivity contribution in [1.29, 1.82) is 0 Å². The number of aromatic nitrogens is 3. The third kappa shape index (κ3) is 3.27. The van der Waals surface area contributed by atoms with Gasteiger partial charge >= 0.3 is 0 Å². The fraction of sp³-hybridized carbons (Fsp3) is 0.273. The molecular formula is C22H21N5O2S. The minimum Gasteiger partial charge on any atom is -0.369 e. The molecule has 2 N–H and O–H groups in total. The Balaban J connectivity index is 1.45. The number of piperidine rings is 1. The summed E-state index contributed by atoms with van der Waals surface area (Å²) in [5, 5.41) is 1.73. The summed E-state index contributed by atoms with van der Waals surface area (Å²) in [7, 11) is 0. The van der Waals surface area contributed by atoms with Gasteiger partial charge in [0.15, 0.2) is 5.16 Å². The third-order valence-corrected chi connectivity index (χ3v) is 6.61. The number of rotatable bonds is 4. The van der Waals surface area contributed by atoms with Crippen molar-refractivity contribution in [1.82, 2.24) is 19.3 Å². The lowest BCUT2D eigenvalue weighted by molar-refractivity contribution is -0.132. The molecule has 8 heteroatoms. The fourth-order valence-electron chi connectivity index (χ4n) is 4.04. The predicted molar refractivity (Wildman–Crippen MR) is 117 cm³/mol. The molecule has 2 amide bonds. The summed E-state index contributed by atoms with van der Waals surface area (Å²) in [6, 6.07) is 15.9. The summed E-state index contributed by atoms with van der Waals surface area (Å²) in [5.74, 6) is -0.0590. The van der Waals surface area contributed by atoms with Crippen molar-refractivity contribution in [2.45, 2.75) is 18.0 Å². The molecule has 3 heterocycles. The SMILES string of the molecule is NC(=O)C1CCN(C(=O)CSc2nc3ccccc3c3nc4ccccc4n23)CC1. The molecule has 1 fully saturated rings. The molecule has 152 valence electrons. The molecule has 30 heavy (non-hydrogen) atoms. The summed E-state index contributed by atoms with van der Waals surface area (Å²) in [4.78, 5) is 35.6. The lowest BCUT2D eigenvalue weighted by Gasteiger charge is -2.30. The van der Waals surface area contributed by atoms with Crippen LogP contribution in [-0.2, 0) is 9.59 Å². The first-order valence-electron chi connectivity index (χ1n) is 9.97. The van der Waals surface area contributed by atoms with Crippen molar-refractivity contribution in [3.05, 3.63) is 48.5 Å². The number of primary amides is 1. The number of likely N-dealkylation sites (tertiary alicyclic amines) is 1. The van der Waals surface area contributed by atoms with Crippen molar-refractivity contribution >= 4 is 51.2 Å². The maximum Gasteiger partial charge on any atom is 0.233 e. The van der Waals surface area contributed by atoms with Crippen LogP contribution in [0.15, 0.2) is 53.7 Å².